The van der Waals surface area contributed by atoms with Gasteiger partial charge in [0.05, 0.1) is 13.0 Å². The van der Waals surface area contributed by atoms with E-state index in [0.717, 1.165) is 18.4 Å². The molecule has 2 amide bonds. The van der Waals surface area contributed by atoms with E-state index in [9.17, 15) is 9.59 Å². The van der Waals surface area contributed by atoms with Crippen molar-refractivity contribution in [2.45, 2.75) is 32.1 Å². The molecule has 0 heterocycles. The van der Waals surface area contributed by atoms with Crippen LogP contribution in [-0.4, -0.2) is 30.3 Å². The molecule has 0 unspecified atom stereocenters. The Hall–Kier alpha value is -1.84. The molecule has 19 heavy (non-hydrogen) atoms. The van der Waals surface area contributed by atoms with E-state index in [0.29, 0.717) is 6.42 Å². The maximum absolute atomic E-state index is 11.9. The standard InChI is InChI=1S/C15H20N2O2/c1-17(10-14(16)18)15(19)9-11-6-7-12-4-2-3-5-13(12)8-11/h6-8H,2-5,9-10H2,1H3,(H2,16,18). The Morgan fingerprint density at radius 3 is 2.58 bits per heavy atom. The van der Waals surface area contributed by atoms with E-state index in [4.69, 9.17) is 5.73 Å². The average Bonchev–Trinajstić information content (AvgIpc) is 2.37. The molecule has 1 aliphatic carbocycles. The van der Waals surface area contributed by atoms with Crippen LogP contribution in [-0.2, 0) is 28.9 Å². The van der Waals surface area contributed by atoms with Crippen LogP contribution in [0.4, 0.5) is 0 Å². The number of rotatable bonds is 4. The zero-order valence-electron chi connectivity index (χ0n) is 11.3. The number of carbonyl (C=O) groups excluding carboxylic acids is 2. The minimum Gasteiger partial charge on any atom is -0.368 e. The third-order valence-corrected chi connectivity index (χ3v) is 3.59. The van der Waals surface area contributed by atoms with Gasteiger partial charge >= 0.3 is 0 Å². The molecular formula is C15H20N2O2. The van der Waals surface area contributed by atoms with Gasteiger partial charge in [-0.05, 0) is 42.4 Å². The van der Waals surface area contributed by atoms with Gasteiger partial charge in [0.25, 0.3) is 0 Å². The van der Waals surface area contributed by atoms with E-state index in [-0.39, 0.29) is 12.5 Å². The third-order valence-electron chi connectivity index (χ3n) is 3.59. The number of likely N-dealkylation sites (N-methyl/N-ethyl adjacent to an activating group) is 1. The van der Waals surface area contributed by atoms with Crippen molar-refractivity contribution < 1.29 is 9.59 Å². The molecule has 0 saturated carbocycles. The fourth-order valence-corrected chi connectivity index (χ4v) is 2.53. The van der Waals surface area contributed by atoms with Gasteiger partial charge in [-0.3, -0.25) is 9.59 Å². The number of hydrogen-bond acceptors (Lipinski definition) is 2. The van der Waals surface area contributed by atoms with Crippen molar-refractivity contribution in [1.29, 1.82) is 0 Å². The molecule has 1 aliphatic rings. The van der Waals surface area contributed by atoms with Gasteiger partial charge in [-0.2, -0.15) is 0 Å². The molecule has 0 saturated heterocycles. The van der Waals surface area contributed by atoms with E-state index in [1.54, 1.807) is 7.05 Å². The second kappa shape index (κ2) is 5.87. The first-order valence-corrected chi connectivity index (χ1v) is 6.69. The van der Waals surface area contributed by atoms with Crippen molar-refractivity contribution in [2.24, 2.45) is 5.73 Å². The number of primary amides is 1. The Morgan fingerprint density at radius 1 is 1.21 bits per heavy atom. The van der Waals surface area contributed by atoms with Crippen LogP contribution in [0.2, 0.25) is 0 Å². The summed E-state index contributed by atoms with van der Waals surface area (Å²) < 4.78 is 0. The van der Waals surface area contributed by atoms with Crippen LogP contribution >= 0.6 is 0 Å². The lowest BCUT2D eigenvalue weighted by Crippen LogP contribution is -2.36. The Balaban J connectivity index is 2.03. The molecule has 102 valence electrons. The highest BCUT2D eigenvalue weighted by Crippen LogP contribution is 2.22. The summed E-state index contributed by atoms with van der Waals surface area (Å²) in [6.45, 7) is -0.0240. The number of amides is 2. The molecular weight excluding hydrogens is 240 g/mol. The Labute approximate surface area is 113 Å². The maximum atomic E-state index is 11.9. The van der Waals surface area contributed by atoms with Crippen molar-refractivity contribution in [2.75, 3.05) is 13.6 Å². The van der Waals surface area contributed by atoms with Gasteiger partial charge in [0.15, 0.2) is 0 Å². The number of carbonyl (C=O) groups is 2. The first-order chi connectivity index (χ1) is 9.06. The quantitative estimate of drug-likeness (QED) is 0.879. The Kier molecular flexibility index (Phi) is 4.20. The molecule has 0 bridgehead atoms. The van der Waals surface area contributed by atoms with Crippen molar-refractivity contribution in [3.05, 3.63) is 34.9 Å². The lowest BCUT2D eigenvalue weighted by Gasteiger charge is -2.18. The van der Waals surface area contributed by atoms with Gasteiger partial charge in [0, 0.05) is 7.05 Å². The lowest BCUT2D eigenvalue weighted by atomic mass is 9.90. The molecule has 0 aromatic heterocycles. The summed E-state index contributed by atoms with van der Waals surface area (Å²) in [7, 11) is 1.60. The number of nitrogens with zero attached hydrogens (tertiary/aromatic N) is 1. The molecule has 0 radical (unpaired) electrons. The number of benzene rings is 1. The lowest BCUT2D eigenvalue weighted by molar-refractivity contribution is -0.133. The fraction of sp³-hybridized carbons (Fsp3) is 0.467. The number of nitrogens with two attached hydrogens (primary N) is 1. The summed E-state index contributed by atoms with van der Waals surface area (Å²) >= 11 is 0. The molecule has 4 nitrogen and oxygen atoms in total. The van der Waals surface area contributed by atoms with Gasteiger partial charge in [-0.15, -0.1) is 0 Å². The Morgan fingerprint density at radius 2 is 1.89 bits per heavy atom. The minimum absolute atomic E-state index is 0.0240. The summed E-state index contributed by atoms with van der Waals surface area (Å²) in [5, 5.41) is 0. The summed E-state index contributed by atoms with van der Waals surface area (Å²) in [4.78, 5) is 24.1. The van der Waals surface area contributed by atoms with E-state index >= 15 is 0 Å². The Bertz CT molecular complexity index is 497. The van der Waals surface area contributed by atoms with Crippen LogP contribution in [0.5, 0.6) is 0 Å². The molecule has 1 aromatic carbocycles. The molecule has 2 rings (SSSR count). The molecule has 0 fully saturated rings. The van der Waals surface area contributed by atoms with Gasteiger partial charge in [-0.25, -0.2) is 0 Å². The van der Waals surface area contributed by atoms with Crippen molar-refractivity contribution >= 4 is 11.8 Å². The zero-order valence-corrected chi connectivity index (χ0v) is 11.3. The van der Waals surface area contributed by atoms with E-state index < -0.39 is 5.91 Å². The summed E-state index contributed by atoms with van der Waals surface area (Å²) in [6, 6.07) is 6.27. The van der Waals surface area contributed by atoms with Gasteiger partial charge in [-0.1, -0.05) is 18.2 Å². The summed E-state index contributed by atoms with van der Waals surface area (Å²) in [5.41, 5.74) is 8.88. The first kappa shape index (κ1) is 13.6. The topological polar surface area (TPSA) is 63.4 Å². The third kappa shape index (κ3) is 3.56. The van der Waals surface area contributed by atoms with Gasteiger partial charge in [0.1, 0.15) is 0 Å². The number of hydrogen-bond donors (Lipinski definition) is 1. The predicted molar refractivity (Wildman–Crippen MR) is 73.6 cm³/mol. The first-order valence-electron chi connectivity index (χ1n) is 6.69. The van der Waals surface area contributed by atoms with Crippen LogP contribution in [0.15, 0.2) is 18.2 Å². The van der Waals surface area contributed by atoms with Crippen LogP contribution in [0.25, 0.3) is 0 Å². The smallest absolute Gasteiger partial charge is 0.237 e. The minimum atomic E-state index is -0.485. The fourth-order valence-electron chi connectivity index (χ4n) is 2.53. The highest BCUT2D eigenvalue weighted by molar-refractivity contribution is 5.84. The zero-order chi connectivity index (χ0) is 13.8. The second-order valence-corrected chi connectivity index (χ2v) is 5.20. The summed E-state index contributed by atoms with van der Waals surface area (Å²) in [6.07, 6.45) is 5.06. The molecule has 2 N–H and O–H groups in total. The van der Waals surface area contributed by atoms with Crippen LogP contribution < -0.4 is 5.73 Å². The van der Waals surface area contributed by atoms with Crippen molar-refractivity contribution in [3.63, 3.8) is 0 Å². The largest absolute Gasteiger partial charge is 0.368 e. The van der Waals surface area contributed by atoms with Gasteiger partial charge < -0.3 is 10.6 Å². The van der Waals surface area contributed by atoms with Gasteiger partial charge in [0.2, 0.25) is 11.8 Å². The molecule has 0 aliphatic heterocycles. The highest BCUT2D eigenvalue weighted by Gasteiger charge is 2.14. The van der Waals surface area contributed by atoms with Crippen molar-refractivity contribution in [3.8, 4) is 0 Å². The number of fused-ring (bicyclic) bond motifs is 1. The van der Waals surface area contributed by atoms with E-state index in [2.05, 4.69) is 12.1 Å². The monoisotopic (exact) mass is 260 g/mol. The molecule has 4 heteroatoms. The van der Waals surface area contributed by atoms with Crippen molar-refractivity contribution in [1.82, 2.24) is 4.90 Å². The molecule has 0 atom stereocenters. The SMILES string of the molecule is CN(CC(N)=O)C(=O)Cc1ccc2c(c1)CCCC2. The average molecular weight is 260 g/mol. The second-order valence-electron chi connectivity index (χ2n) is 5.20. The van der Waals surface area contributed by atoms with Crippen LogP contribution in [0, 0.1) is 0 Å². The molecule has 0 spiro atoms. The molecule has 1 aromatic rings. The normalized spacial score (nSPS) is 13.7. The van der Waals surface area contributed by atoms with E-state index in [1.807, 2.05) is 6.07 Å². The number of aryl methyl sites for hydroxylation is 2. The summed E-state index contributed by atoms with van der Waals surface area (Å²) in [5.74, 6) is -0.559. The van der Waals surface area contributed by atoms with Crippen LogP contribution in [0.3, 0.4) is 0 Å². The predicted octanol–water partition coefficient (Wildman–Crippen LogP) is 1.05. The maximum Gasteiger partial charge on any atom is 0.237 e. The van der Waals surface area contributed by atoms with E-state index in [1.165, 1.54) is 28.9 Å². The van der Waals surface area contributed by atoms with Crippen LogP contribution in [0.1, 0.15) is 29.5 Å². The highest BCUT2D eigenvalue weighted by atomic mass is 16.2.